The number of piperidine rings is 2. The van der Waals surface area contributed by atoms with E-state index in [-0.39, 0.29) is 29.7 Å². The van der Waals surface area contributed by atoms with Gasteiger partial charge in [0.25, 0.3) is 5.91 Å². The highest BCUT2D eigenvalue weighted by Crippen LogP contribution is 2.28. The summed E-state index contributed by atoms with van der Waals surface area (Å²) in [6.45, 7) is 2.62. The average molecular weight is 425 g/mol. The smallest absolute Gasteiger partial charge is 0.253 e. The molecule has 2 atom stereocenters. The van der Waals surface area contributed by atoms with Gasteiger partial charge in [0.15, 0.2) is 0 Å². The molecule has 0 saturated carbocycles. The Kier molecular flexibility index (Phi) is 6.85. The molecular weight excluding hydrogens is 395 g/mol. The van der Waals surface area contributed by atoms with E-state index >= 15 is 0 Å². The van der Waals surface area contributed by atoms with Crippen molar-refractivity contribution in [1.29, 1.82) is 0 Å². The third-order valence-corrected chi connectivity index (χ3v) is 6.22. The standard InChI is InChI=1S/C25H29FN2O3/c26-21-11-9-19(10-12-21)25(30)28-16-13-23(31-22-7-3-1-4-8-22)20(18-28)17-24(29)27-14-5-2-6-15-27/h1,3-4,7-12,20,23H,2,5-6,13-18H2/t20-,23-/m0/s1. The van der Waals surface area contributed by atoms with Crippen LogP contribution in [0.15, 0.2) is 54.6 Å². The van der Waals surface area contributed by atoms with E-state index in [0.29, 0.717) is 31.5 Å². The number of amides is 2. The van der Waals surface area contributed by atoms with Crippen molar-refractivity contribution < 1.29 is 18.7 Å². The lowest BCUT2D eigenvalue weighted by Gasteiger charge is -2.39. The third kappa shape index (κ3) is 5.43. The lowest BCUT2D eigenvalue weighted by molar-refractivity contribution is -0.134. The molecule has 2 aromatic carbocycles. The van der Waals surface area contributed by atoms with Gasteiger partial charge in [0, 0.05) is 50.5 Å². The van der Waals surface area contributed by atoms with Crippen molar-refractivity contribution >= 4 is 11.8 Å². The molecule has 0 aromatic heterocycles. The molecule has 0 aliphatic carbocycles. The molecule has 2 fully saturated rings. The summed E-state index contributed by atoms with van der Waals surface area (Å²) in [7, 11) is 0. The number of rotatable bonds is 5. The Morgan fingerprint density at radius 3 is 2.32 bits per heavy atom. The first-order valence-electron chi connectivity index (χ1n) is 11.1. The Morgan fingerprint density at radius 2 is 1.61 bits per heavy atom. The van der Waals surface area contributed by atoms with E-state index in [0.717, 1.165) is 31.7 Å². The fraction of sp³-hybridized carbons (Fsp3) is 0.440. The van der Waals surface area contributed by atoms with Gasteiger partial charge in [-0.15, -0.1) is 0 Å². The molecular formula is C25H29FN2O3. The number of hydrogen-bond acceptors (Lipinski definition) is 3. The molecule has 5 nitrogen and oxygen atoms in total. The molecule has 164 valence electrons. The number of carbonyl (C=O) groups is 2. The second-order valence-corrected chi connectivity index (χ2v) is 8.42. The zero-order valence-electron chi connectivity index (χ0n) is 17.7. The second kappa shape index (κ2) is 9.94. The van der Waals surface area contributed by atoms with E-state index in [1.807, 2.05) is 35.2 Å². The Morgan fingerprint density at radius 1 is 0.903 bits per heavy atom. The molecule has 0 radical (unpaired) electrons. The van der Waals surface area contributed by atoms with E-state index < -0.39 is 0 Å². The van der Waals surface area contributed by atoms with Gasteiger partial charge >= 0.3 is 0 Å². The van der Waals surface area contributed by atoms with Gasteiger partial charge in [-0.25, -0.2) is 4.39 Å². The number of nitrogens with zero attached hydrogens (tertiary/aromatic N) is 2. The largest absolute Gasteiger partial charge is 0.490 e. The maximum atomic E-state index is 13.2. The van der Waals surface area contributed by atoms with Gasteiger partial charge in [0.2, 0.25) is 5.91 Å². The van der Waals surface area contributed by atoms with Gasteiger partial charge in [0.1, 0.15) is 17.7 Å². The second-order valence-electron chi connectivity index (χ2n) is 8.42. The number of carbonyl (C=O) groups excluding carboxylic acids is 2. The van der Waals surface area contributed by atoms with Crippen LogP contribution in [-0.4, -0.2) is 53.9 Å². The Labute approximate surface area is 182 Å². The fourth-order valence-electron chi connectivity index (χ4n) is 4.49. The van der Waals surface area contributed by atoms with E-state index in [9.17, 15) is 14.0 Å². The van der Waals surface area contributed by atoms with Gasteiger partial charge in [-0.05, 0) is 55.7 Å². The molecule has 6 heteroatoms. The van der Waals surface area contributed by atoms with E-state index in [4.69, 9.17) is 4.74 Å². The van der Waals surface area contributed by atoms with Crippen molar-refractivity contribution in [3.8, 4) is 5.75 Å². The van der Waals surface area contributed by atoms with Gasteiger partial charge in [0.05, 0.1) is 0 Å². The Balaban J connectivity index is 1.48. The highest BCUT2D eigenvalue weighted by Gasteiger charge is 2.35. The van der Waals surface area contributed by atoms with Crippen molar-refractivity contribution in [2.24, 2.45) is 5.92 Å². The minimum Gasteiger partial charge on any atom is -0.490 e. The summed E-state index contributed by atoms with van der Waals surface area (Å²) in [5, 5.41) is 0. The molecule has 2 saturated heterocycles. The maximum Gasteiger partial charge on any atom is 0.253 e. The highest BCUT2D eigenvalue weighted by molar-refractivity contribution is 5.94. The molecule has 2 amide bonds. The first kappa shape index (κ1) is 21.3. The lowest BCUT2D eigenvalue weighted by atomic mass is 9.90. The van der Waals surface area contributed by atoms with E-state index in [1.165, 1.54) is 30.7 Å². The normalized spacial score (nSPS) is 21.6. The van der Waals surface area contributed by atoms with Crippen LogP contribution in [0.5, 0.6) is 5.75 Å². The number of ether oxygens (including phenoxy) is 1. The zero-order chi connectivity index (χ0) is 21.6. The van der Waals surface area contributed by atoms with Crippen LogP contribution in [0.25, 0.3) is 0 Å². The average Bonchev–Trinajstić information content (AvgIpc) is 2.81. The van der Waals surface area contributed by atoms with Crippen LogP contribution < -0.4 is 4.74 Å². The number of benzene rings is 2. The predicted molar refractivity (Wildman–Crippen MR) is 116 cm³/mol. The SMILES string of the molecule is O=C(C[C@H]1CN(C(=O)c2ccc(F)cc2)CC[C@@H]1Oc1ccccc1)N1CCCCC1. The van der Waals surface area contributed by atoms with Crippen molar-refractivity contribution in [1.82, 2.24) is 9.80 Å². The van der Waals surface area contributed by atoms with E-state index in [1.54, 1.807) is 4.90 Å². The first-order chi connectivity index (χ1) is 15.1. The quantitative estimate of drug-likeness (QED) is 0.725. The molecule has 2 aliphatic rings. The Bertz CT molecular complexity index is 881. The summed E-state index contributed by atoms with van der Waals surface area (Å²) in [5.41, 5.74) is 0.463. The molecule has 31 heavy (non-hydrogen) atoms. The minimum atomic E-state index is -0.364. The van der Waals surface area contributed by atoms with Gasteiger partial charge in [-0.1, -0.05) is 18.2 Å². The van der Waals surface area contributed by atoms with Crippen molar-refractivity contribution in [3.05, 3.63) is 66.0 Å². The third-order valence-electron chi connectivity index (χ3n) is 6.22. The van der Waals surface area contributed by atoms with Crippen molar-refractivity contribution in [2.75, 3.05) is 26.2 Å². The minimum absolute atomic E-state index is 0.0900. The summed E-state index contributed by atoms with van der Waals surface area (Å²) in [4.78, 5) is 29.7. The van der Waals surface area contributed by atoms with Crippen LogP contribution in [0.1, 0.15) is 42.5 Å². The lowest BCUT2D eigenvalue weighted by Crippen LogP contribution is -2.49. The number of likely N-dealkylation sites (tertiary alicyclic amines) is 2. The van der Waals surface area contributed by atoms with Crippen LogP contribution in [0.4, 0.5) is 4.39 Å². The summed E-state index contributed by atoms with van der Waals surface area (Å²) in [6.07, 6.45) is 4.16. The molecule has 2 aromatic rings. The van der Waals surface area contributed by atoms with Crippen molar-refractivity contribution in [3.63, 3.8) is 0 Å². The zero-order valence-corrected chi connectivity index (χ0v) is 17.7. The Hall–Kier alpha value is -2.89. The predicted octanol–water partition coefficient (Wildman–Crippen LogP) is 4.14. The van der Waals surface area contributed by atoms with Crippen LogP contribution in [-0.2, 0) is 4.79 Å². The maximum absolute atomic E-state index is 13.2. The molecule has 0 N–H and O–H groups in total. The molecule has 2 heterocycles. The van der Waals surface area contributed by atoms with Crippen LogP contribution in [0.3, 0.4) is 0 Å². The molecule has 0 spiro atoms. The molecule has 4 rings (SSSR count). The molecule has 0 unspecified atom stereocenters. The van der Waals surface area contributed by atoms with Gasteiger partial charge in [-0.2, -0.15) is 0 Å². The fourth-order valence-corrected chi connectivity index (χ4v) is 4.49. The van der Waals surface area contributed by atoms with Crippen LogP contribution in [0, 0.1) is 11.7 Å². The number of hydrogen-bond donors (Lipinski definition) is 0. The van der Waals surface area contributed by atoms with Crippen LogP contribution >= 0.6 is 0 Å². The summed E-state index contributed by atoms with van der Waals surface area (Å²) >= 11 is 0. The number of para-hydroxylation sites is 1. The van der Waals surface area contributed by atoms with E-state index in [2.05, 4.69) is 0 Å². The number of halogens is 1. The summed E-state index contributed by atoms with van der Waals surface area (Å²) in [6, 6.07) is 15.3. The molecule has 0 bridgehead atoms. The van der Waals surface area contributed by atoms with Gasteiger partial charge < -0.3 is 14.5 Å². The summed E-state index contributed by atoms with van der Waals surface area (Å²) < 4.78 is 19.5. The highest BCUT2D eigenvalue weighted by atomic mass is 19.1. The van der Waals surface area contributed by atoms with Crippen LogP contribution in [0.2, 0.25) is 0 Å². The topological polar surface area (TPSA) is 49.9 Å². The molecule has 2 aliphatic heterocycles. The van der Waals surface area contributed by atoms with Crippen molar-refractivity contribution in [2.45, 2.75) is 38.2 Å². The van der Waals surface area contributed by atoms with Gasteiger partial charge in [-0.3, -0.25) is 9.59 Å². The first-order valence-corrected chi connectivity index (χ1v) is 11.1. The summed E-state index contributed by atoms with van der Waals surface area (Å²) in [5.74, 6) is 0.335. The monoisotopic (exact) mass is 424 g/mol.